The van der Waals surface area contributed by atoms with Crippen LogP contribution in [0.15, 0.2) is 0 Å². The first-order chi connectivity index (χ1) is 6.54. The van der Waals surface area contributed by atoms with E-state index in [1.54, 1.807) is 0 Å². The zero-order valence-corrected chi connectivity index (χ0v) is 13.5. The summed E-state index contributed by atoms with van der Waals surface area (Å²) in [7, 11) is 0. The second-order valence-corrected chi connectivity index (χ2v) is 3.60. The van der Waals surface area contributed by atoms with Crippen molar-refractivity contribution in [2.75, 3.05) is 0 Å². The van der Waals surface area contributed by atoms with E-state index in [9.17, 15) is 0 Å². The molecule has 0 aliphatic carbocycles. The van der Waals surface area contributed by atoms with Crippen LogP contribution in [0.5, 0.6) is 0 Å². The van der Waals surface area contributed by atoms with E-state index in [-0.39, 0.29) is 14.9 Å². The van der Waals surface area contributed by atoms with E-state index in [1.165, 1.54) is 12.8 Å². The Labute approximate surface area is 125 Å². The molecular formula is C12H32S4. The Morgan fingerprint density at radius 1 is 0.625 bits per heavy atom. The molecule has 16 heavy (non-hydrogen) atoms. The van der Waals surface area contributed by atoms with E-state index in [2.05, 4.69) is 86.3 Å². The van der Waals surface area contributed by atoms with Crippen molar-refractivity contribution in [3.8, 4) is 0 Å². The zero-order chi connectivity index (χ0) is 12.6. The summed E-state index contributed by atoms with van der Waals surface area (Å²) in [6.07, 6.45) is 2.61. The Hall–Kier alpha value is 0.880. The minimum atomic E-state index is 0. The molecule has 0 rings (SSSR count). The lowest BCUT2D eigenvalue weighted by atomic mass is 10.2. The van der Waals surface area contributed by atoms with E-state index in [0.717, 1.165) is 11.8 Å². The van der Waals surface area contributed by atoms with E-state index < -0.39 is 0 Å². The van der Waals surface area contributed by atoms with Crippen LogP contribution in [0.3, 0.4) is 0 Å². The molecule has 0 bridgehead atoms. The maximum absolute atomic E-state index is 3.67. The molecule has 0 fully saturated rings. The third kappa shape index (κ3) is 120. The summed E-state index contributed by atoms with van der Waals surface area (Å²) in [5, 5.41) is 0. The quantitative estimate of drug-likeness (QED) is 0.672. The molecule has 0 unspecified atom stereocenters. The van der Waals surface area contributed by atoms with Gasteiger partial charge >= 0.3 is 0 Å². The van der Waals surface area contributed by atoms with Crippen molar-refractivity contribution in [3.05, 3.63) is 0 Å². The molecule has 0 radical (unpaired) electrons. The molecular weight excluding hydrogens is 272 g/mol. The van der Waals surface area contributed by atoms with Gasteiger partial charge in [-0.05, 0) is 11.8 Å². The van der Waals surface area contributed by atoms with Gasteiger partial charge in [-0.3, -0.25) is 0 Å². The van der Waals surface area contributed by atoms with E-state index in [1.807, 2.05) is 0 Å². The molecule has 0 heterocycles. The molecule has 0 spiro atoms. The lowest BCUT2D eigenvalue weighted by Gasteiger charge is -1.90. The van der Waals surface area contributed by atoms with Crippen molar-refractivity contribution in [3.63, 3.8) is 0 Å². The SMILES string of the molecule is C.C.CCC(C)C.CCC(C)C.S=S.S=S. The third-order valence-electron chi connectivity index (χ3n) is 1.63. The van der Waals surface area contributed by atoms with Gasteiger partial charge in [-0.1, -0.05) is 69.2 Å². The average Bonchev–Trinajstić information content (AvgIpc) is 2.24. The highest BCUT2D eigenvalue weighted by Crippen LogP contribution is 1.94. The molecule has 0 aromatic carbocycles. The predicted molar refractivity (Wildman–Crippen MR) is 93.2 cm³/mol. The van der Waals surface area contributed by atoms with Crippen LogP contribution in [0.4, 0.5) is 0 Å². The van der Waals surface area contributed by atoms with Crippen LogP contribution in [0.1, 0.15) is 69.2 Å². The standard InChI is InChI=1S/2C5H12.2CH4.2S2/c2*1-4-5(2)3;;;2*1-2/h2*5H,4H2,1-3H3;2*1H4;;. The molecule has 0 aliphatic rings. The highest BCUT2D eigenvalue weighted by Gasteiger charge is 1.80. The summed E-state index contributed by atoms with van der Waals surface area (Å²) in [6, 6.07) is 0. The first-order valence-corrected chi connectivity index (χ1v) is 7.54. The lowest BCUT2D eigenvalue weighted by molar-refractivity contribution is 0.626. The fourth-order valence-corrected chi connectivity index (χ4v) is 0. The Morgan fingerprint density at radius 2 is 0.688 bits per heavy atom. The normalized spacial score (nSPS) is 6.50. The molecule has 0 amide bonds. The maximum Gasteiger partial charge on any atom is 0 e. The Kier molecular flexibility index (Phi) is 100. The second-order valence-electron chi connectivity index (χ2n) is 3.60. The van der Waals surface area contributed by atoms with Gasteiger partial charge in [0.15, 0.2) is 0 Å². The molecule has 0 atom stereocenters. The van der Waals surface area contributed by atoms with Crippen molar-refractivity contribution in [1.82, 2.24) is 0 Å². The molecule has 0 N–H and O–H groups in total. The summed E-state index contributed by atoms with van der Waals surface area (Å²) >= 11 is 14.7. The van der Waals surface area contributed by atoms with Crippen LogP contribution < -0.4 is 0 Å². The summed E-state index contributed by atoms with van der Waals surface area (Å²) in [4.78, 5) is 0. The fraction of sp³-hybridized carbons (Fsp3) is 1.00. The Morgan fingerprint density at radius 3 is 0.688 bits per heavy atom. The highest BCUT2D eigenvalue weighted by molar-refractivity contribution is 8.07. The summed E-state index contributed by atoms with van der Waals surface area (Å²) in [5.41, 5.74) is 0. The van der Waals surface area contributed by atoms with Crippen LogP contribution in [-0.4, -0.2) is 0 Å². The zero-order valence-electron chi connectivity index (χ0n) is 10.2. The monoisotopic (exact) mass is 304 g/mol. The topological polar surface area (TPSA) is 0 Å². The largest absolute Gasteiger partial charge is 0.0776 e. The molecule has 0 aromatic heterocycles. The summed E-state index contributed by atoms with van der Waals surface area (Å²) in [5.74, 6) is 1.77. The van der Waals surface area contributed by atoms with Gasteiger partial charge in [0.25, 0.3) is 0 Å². The van der Waals surface area contributed by atoms with Gasteiger partial charge in [0.05, 0.1) is 0 Å². The molecule has 0 saturated heterocycles. The number of hydrogen-bond acceptors (Lipinski definition) is 4. The molecule has 104 valence electrons. The van der Waals surface area contributed by atoms with Gasteiger partial charge in [0, 0.05) is 44.8 Å². The first-order valence-electron chi connectivity index (χ1n) is 4.87. The van der Waals surface area contributed by atoms with Crippen LogP contribution in [0.25, 0.3) is 0 Å². The predicted octanol–water partition coefficient (Wildman–Crippen LogP) is 5.37. The van der Waals surface area contributed by atoms with E-state index in [0.29, 0.717) is 0 Å². The minimum Gasteiger partial charge on any atom is -0.0776 e. The van der Waals surface area contributed by atoms with Crippen LogP contribution >= 0.6 is 0 Å². The molecule has 0 saturated carbocycles. The smallest absolute Gasteiger partial charge is 0 e. The molecule has 4 heteroatoms. The average molecular weight is 305 g/mol. The minimum absolute atomic E-state index is 0. The summed E-state index contributed by atoms with van der Waals surface area (Å²) < 4.78 is 0. The Bertz CT molecular complexity index is 65.4. The second kappa shape index (κ2) is 44.6. The van der Waals surface area contributed by atoms with Gasteiger partial charge in [0.1, 0.15) is 0 Å². The number of hydrogen-bond donors (Lipinski definition) is 0. The highest BCUT2D eigenvalue weighted by atomic mass is 32.8. The third-order valence-corrected chi connectivity index (χ3v) is 1.63. The maximum atomic E-state index is 3.67. The van der Waals surface area contributed by atoms with Gasteiger partial charge in [-0.25, -0.2) is 0 Å². The van der Waals surface area contributed by atoms with E-state index in [4.69, 9.17) is 0 Å². The van der Waals surface area contributed by atoms with Crippen molar-refractivity contribution < 1.29 is 0 Å². The van der Waals surface area contributed by atoms with Crippen LogP contribution in [0.2, 0.25) is 0 Å². The van der Waals surface area contributed by atoms with E-state index >= 15 is 0 Å². The van der Waals surface area contributed by atoms with Crippen LogP contribution in [0, 0.1) is 11.8 Å². The van der Waals surface area contributed by atoms with Gasteiger partial charge < -0.3 is 0 Å². The summed E-state index contributed by atoms with van der Waals surface area (Å²) in [6.45, 7) is 13.3. The fourth-order valence-electron chi connectivity index (χ4n) is 0. The number of rotatable bonds is 2. The van der Waals surface area contributed by atoms with Gasteiger partial charge in [0.2, 0.25) is 0 Å². The molecule has 0 aromatic rings. The molecule has 0 nitrogen and oxygen atoms in total. The van der Waals surface area contributed by atoms with Gasteiger partial charge in [-0.2, -0.15) is 0 Å². The van der Waals surface area contributed by atoms with Crippen molar-refractivity contribution in [2.24, 2.45) is 11.8 Å². The van der Waals surface area contributed by atoms with Crippen molar-refractivity contribution in [2.45, 2.75) is 69.2 Å². The van der Waals surface area contributed by atoms with Crippen molar-refractivity contribution in [1.29, 1.82) is 0 Å². The Balaban J connectivity index is -0.0000000218. The van der Waals surface area contributed by atoms with Crippen LogP contribution in [-0.2, 0) is 44.8 Å². The van der Waals surface area contributed by atoms with Gasteiger partial charge in [-0.15, -0.1) is 0 Å². The molecule has 0 aliphatic heterocycles. The lowest BCUT2D eigenvalue weighted by Crippen LogP contribution is -1.77. The first kappa shape index (κ1) is 36.0. The van der Waals surface area contributed by atoms with Crippen molar-refractivity contribution >= 4 is 44.8 Å².